The van der Waals surface area contributed by atoms with Crippen molar-refractivity contribution in [1.82, 2.24) is 34.0 Å². The van der Waals surface area contributed by atoms with Gasteiger partial charge in [-0.3, -0.25) is 4.79 Å². The summed E-state index contributed by atoms with van der Waals surface area (Å²) in [6.45, 7) is 7.98. The molecule has 3 aromatic rings. The first-order valence-corrected chi connectivity index (χ1v) is 19.5. The average molecular weight is 693 g/mol. The zero-order chi connectivity index (χ0) is 34.0. The van der Waals surface area contributed by atoms with Crippen molar-refractivity contribution < 1.29 is 22.7 Å². The molecule has 2 amide bonds. The number of hydrogen-bond acceptors (Lipinski definition) is 9. The molecule has 1 saturated carbocycles. The molecule has 7 rings (SSSR count). The average Bonchev–Trinajstić information content (AvgIpc) is 3.73. The maximum absolute atomic E-state index is 13.8. The number of amides is 2. The Hall–Kier alpha value is -3.75. The predicted octanol–water partition coefficient (Wildman–Crippen LogP) is 4.19. The number of nitrogens with one attached hydrogen (secondary N) is 2. The SMILES string of the molecule is CCOC(=O)N1CCC(NS(=O)(=O)NC(=O)c2cc(N3CCC(CN4CCCC4)CC3)c3c(C4CCC4)nn(-c4ccccc4)c3n2)CC1. The topological polar surface area (TPSA) is 142 Å². The van der Waals surface area contributed by atoms with Gasteiger partial charge in [0.15, 0.2) is 5.65 Å². The highest BCUT2D eigenvalue weighted by Gasteiger charge is 2.33. The fourth-order valence-electron chi connectivity index (χ4n) is 7.71. The Kier molecular flexibility index (Phi) is 10.1. The number of rotatable bonds is 10. The second-order valence-electron chi connectivity index (χ2n) is 13.9. The van der Waals surface area contributed by atoms with Crippen LogP contribution in [0.15, 0.2) is 36.4 Å². The number of ether oxygens (including phenoxy) is 1. The summed E-state index contributed by atoms with van der Waals surface area (Å²) in [7, 11) is -4.22. The van der Waals surface area contributed by atoms with E-state index in [1.165, 1.54) is 25.9 Å². The zero-order valence-corrected chi connectivity index (χ0v) is 29.2. The molecule has 0 radical (unpaired) electrons. The van der Waals surface area contributed by atoms with E-state index < -0.39 is 28.3 Å². The van der Waals surface area contributed by atoms with Gasteiger partial charge in [-0.15, -0.1) is 0 Å². The van der Waals surface area contributed by atoms with Crippen LogP contribution >= 0.6 is 0 Å². The summed E-state index contributed by atoms with van der Waals surface area (Å²) in [6, 6.07) is 11.1. The fourth-order valence-corrected chi connectivity index (χ4v) is 8.79. The monoisotopic (exact) mass is 692 g/mol. The maximum atomic E-state index is 13.8. The van der Waals surface area contributed by atoms with Gasteiger partial charge in [0.1, 0.15) is 5.69 Å². The molecule has 4 aliphatic rings. The number of nitrogens with zero attached hydrogens (tertiary/aromatic N) is 6. The first-order valence-electron chi connectivity index (χ1n) is 18.0. The molecule has 0 atom stereocenters. The highest BCUT2D eigenvalue weighted by molar-refractivity contribution is 7.88. The zero-order valence-electron chi connectivity index (χ0n) is 28.3. The molecule has 0 spiro atoms. The van der Waals surface area contributed by atoms with Crippen LogP contribution in [0.2, 0.25) is 0 Å². The van der Waals surface area contributed by atoms with E-state index in [1.54, 1.807) is 17.9 Å². The van der Waals surface area contributed by atoms with Crippen LogP contribution in [0, 0.1) is 5.92 Å². The van der Waals surface area contributed by atoms with Crippen molar-refractivity contribution in [2.24, 2.45) is 5.92 Å². The predicted molar refractivity (Wildman–Crippen MR) is 187 cm³/mol. The highest BCUT2D eigenvalue weighted by Crippen LogP contribution is 2.43. The van der Waals surface area contributed by atoms with Gasteiger partial charge in [-0.25, -0.2) is 19.2 Å². The summed E-state index contributed by atoms with van der Waals surface area (Å²) in [5.74, 6) is 0.155. The fraction of sp³-hybridized carbons (Fsp3) is 0.600. The van der Waals surface area contributed by atoms with Crippen LogP contribution in [0.3, 0.4) is 0 Å². The van der Waals surface area contributed by atoms with Gasteiger partial charge in [-0.2, -0.15) is 18.2 Å². The van der Waals surface area contributed by atoms with Crippen LogP contribution in [0.25, 0.3) is 16.7 Å². The first kappa shape index (κ1) is 33.7. The summed E-state index contributed by atoms with van der Waals surface area (Å²) in [5, 5.41) is 6.08. The molecular formula is C35H48N8O5S. The number of hydrogen-bond donors (Lipinski definition) is 2. The Balaban J connectivity index is 1.16. The Morgan fingerprint density at radius 3 is 2.29 bits per heavy atom. The summed E-state index contributed by atoms with van der Waals surface area (Å²) < 4.78 is 38.2. The third-order valence-electron chi connectivity index (χ3n) is 10.6. The van der Waals surface area contributed by atoms with Gasteiger partial charge in [0.2, 0.25) is 0 Å². The van der Waals surface area contributed by atoms with E-state index in [9.17, 15) is 18.0 Å². The molecule has 4 fully saturated rings. The Morgan fingerprint density at radius 2 is 1.63 bits per heavy atom. The van der Waals surface area contributed by atoms with Gasteiger partial charge in [0, 0.05) is 44.7 Å². The molecule has 14 heteroatoms. The Bertz CT molecular complexity index is 1740. The van der Waals surface area contributed by atoms with E-state index in [0.717, 1.165) is 74.2 Å². The Morgan fingerprint density at radius 1 is 0.918 bits per heavy atom. The first-order chi connectivity index (χ1) is 23.8. The van der Waals surface area contributed by atoms with Crippen molar-refractivity contribution in [1.29, 1.82) is 0 Å². The van der Waals surface area contributed by atoms with Gasteiger partial charge >= 0.3 is 16.3 Å². The molecule has 0 bridgehead atoms. The number of pyridine rings is 1. The molecular weight excluding hydrogens is 645 g/mol. The minimum atomic E-state index is -4.22. The molecule has 2 aromatic heterocycles. The third kappa shape index (κ3) is 7.56. The van der Waals surface area contributed by atoms with Gasteiger partial charge in [0.25, 0.3) is 5.91 Å². The largest absolute Gasteiger partial charge is 0.450 e. The number of carbonyl (C=O) groups excluding carboxylic acids is 2. The van der Waals surface area contributed by atoms with Crippen molar-refractivity contribution in [2.45, 2.75) is 76.7 Å². The number of carbonyl (C=O) groups is 2. The second kappa shape index (κ2) is 14.6. The Labute approximate surface area is 288 Å². The molecule has 1 aromatic carbocycles. The van der Waals surface area contributed by atoms with Crippen molar-refractivity contribution >= 4 is 38.9 Å². The van der Waals surface area contributed by atoms with E-state index >= 15 is 0 Å². The van der Waals surface area contributed by atoms with Crippen LogP contribution in [0.4, 0.5) is 10.5 Å². The van der Waals surface area contributed by atoms with E-state index in [2.05, 4.69) is 19.2 Å². The van der Waals surface area contributed by atoms with E-state index in [0.29, 0.717) is 43.4 Å². The number of piperidine rings is 2. The number of para-hydroxylation sites is 1. The van der Waals surface area contributed by atoms with Crippen LogP contribution in [0.1, 0.15) is 86.8 Å². The summed E-state index contributed by atoms with van der Waals surface area (Å²) >= 11 is 0. The lowest BCUT2D eigenvalue weighted by molar-refractivity contribution is 0.0965. The minimum Gasteiger partial charge on any atom is -0.450 e. The number of anilines is 1. The minimum absolute atomic E-state index is 0.0291. The molecule has 49 heavy (non-hydrogen) atoms. The molecule has 13 nitrogen and oxygen atoms in total. The summed E-state index contributed by atoms with van der Waals surface area (Å²) in [6.07, 6.45) is 8.38. The molecule has 1 aliphatic carbocycles. The quantitative estimate of drug-likeness (QED) is 0.320. The smallest absolute Gasteiger partial charge is 0.409 e. The number of likely N-dealkylation sites (tertiary alicyclic amines) is 2. The number of aromatic nitrogens is 3. The normalized spacial score (nSPS) is 20.1. The van der Waals surface area contributed by atoms with Crippen LogP contribution < -0.4 is 14.3 Å². The molecule has 3 aliphatic heterocycles. The van der Waals surface area contributed by atoms with Crippen LogP contribution in [0.5, 0.6) is 0 Å². The van der Waals surface area contributed by atoms with E-state index in [4.69, 9.17) is 14.8 Å². The van der Waals surface area contributed by atoms with Crippen LogP contribution in [-0.2, 0) is 14.9 Å². The van der Waals surface area contributed by atoms with Gasteiger partial charge < -0.3 is 19.4 Å². The lowest BCUT2D eigenvalue weighted by Gasteiger charge is -2.36. The van der Waals surface area contributed by atoms with Crippen molar-refractivity contribution in [2.75, 3.05) is 57.3 Å². The van der Waals surface area contributed by atoms with Crippen molar-refractivity contribution in [3.63, 3.8) is 0 Å². The highest BCUT2D eigenvalue weighted by atomic mass is 32.2. The summed E-state index contributed by atoms with van der Waals surface area (Å²) in [4.78, 5) is 37.2. The van der Waals surface area contributed by atoms with Gasteiger partial charge in [-0.1, -0.05) is 24.6 Å². The maximum Gasteiger partial charge on any atom is 0.409 e. The van der Waals surface area contributed by atoms with E-state index in [1.807, 2.05) is 35.0 Å². The van der Waals surface area contributed by atoms with Crippen molar-refractivity contribution in [3.8, 4) is 5.69 Å². The number of benzene rings is 1. The van der Waals surface area contributed by atoms with Crippen LogP contribution in [-0.4, -0.2) is 103 Å². The molecule has 264 valence electrons. The number of fused-ring (bicyclic) bond motifs is 1. The standard InChI is InChI=1S/C35H48N8O5S/c1-2-48-35(45)42-21-15-27(16-22-42)38-49(46,47)39-34(44)29-23-30(41-19-13-25(14-20-41)24-40-17-6-7-18-40)31-32(26-9-8-10-26)37-43(33(31)36-29)28-11-4-3-5-12-28/h3-5,11-12,23,25-27,38H,2,6-10,13-22,24H2,1H3,(H,39,44). The second-order valence-corrected chi connectivity index (χ2v) is 15.4. The van der Waals surface area contributed by atoms with Gasteiger partial charge in [0.05, 0.1) is 29.1 Å². The molecule has 2 N–H and O–H groups in total. The van der Waals surface area contributed by atoms with Crippen molar-refractivity contribution in [3.05, 3.63) is 47.8 Å². The summed E-state index contributed by atoms with van der Waals surface area (Å²) in [5.41, 5.74) is 3.33. The molecule has 3 saturated heterocycles. The lowest BCUT2D eigenvalue weighted by Crippen LogP contribution is -2.50. The lowest BCUT2D eigenvalue weighted by atomic mass is 9.81. The van der Waals surface area contributed by atoms with E-state index in [-0.39, 0.29) is 12.3 Å². The third-order valence-corrected chi connectivity index (χ3v) is 11.7. The molecule has 5 heterocycles. The van der Waals surface area contributed by atoms with Gasteiger partial charge in [-0.05, 0) is 95.5 Å². The molecule has 0 unspecified atom stereocenters.